The molecule has 1 aliphatic rings. The number of hydrogen-bond acceptors (Lipinski definition) is 1. The topological polar surface area (TPSA) is 32.3 Å². The normalized spacial score (nSPS) is 21.2. The molecule has 3 nitrogen and oxygen atoms in total. The molecule has 2 aromatic carbocycles. The molecule has 132 valence electrons. The number of nitrogens with one attached hydrogen (secondary N) is 1. The highest BCUT2D eigenvalue weighted by molar-refractivity contribution is 6.32. The summed E-state index contributed by atoms with van der Waals surface area (Å²) in [6, 6.07) is 17.9. The van der Waals surface area contributed by atoms with E-state index >= 15 is 0 Å². The smallest absolute Gasteiger partial charge is 0.318 e. The fourth-order valence-electron chi connectivity index (χ4n) is 3.80. The largest absolute Gasteiger partial charge is 0.328 e. The molecular weight excluding hydrogens is 319 g/mol. The minimum absolute atomic E-state index is 0.00537. The van der Waals surface area contributed by atoms with Crippen molar-refractivity contribution in [1.82, 2.24) is 10.2 Å². The second-order valence-corrected chi connectivity index (χ2v) is 7.30. The van der Waals surface area contributed by atoms with Crippen LogP contribution in [0.3, 0.4) is 0 Å². The van der Waals surface area contributed by atoms with E-state index in [1.807, 2.05) is 54.3 Å². The van der Waals surface area contributed by atoms with Crippen LogP contribution in [-0.4, -0.2) is 25.3 Å². The lowest BCUT2D eigenvalue weighted by atomic mass is 9.80. The van der Waals surface area contributed by atoms with Crippen molar-refractivity contribution in [3.63, 3.8) is 0 Å². The minimum Gasteiger partial charge on any atom is -0.328 e. The summed E-state index contributed by atoms with van der Waals surface area (Å²) in [5.41, 5.74) is 3.63. The lowest BCUT2D eigenvalue weighted by Crippen LogP contribution is -2.58. The first kappa shape index (κ1) is 18.3. The Bertz CT molecular complexity index is 788. The molecule has 0 spiro atoms. The van der Waals surface area contributed by atoms with Gasteiger partial charge in [0.05, 0.1) is 11.6 Å². The molecule has 0 saturated carbocycles. The summed E-state index contributed by atoms with van der Waals surface area (Å²) in [5.74, 6) is 0. The van der Waals surface area contributed by atoms with Crippen LogP contribution >= 0.6 is 0 Å². The van der Waals surface area contributed by atoms with Crippen molar-refractivity contribution >= 4 is 19.3 Å². The number of amides is 2. The van der Waals surface area contributed by atoms with E-state index in [0.29, 0.717) is 6.54 Å². The number of nitrogens with zero attached hydrogens (tertiary/aromatic N) is 1. The molecule has 1 aliphatic heterocycles. The van der Waals surface area contributed by atoms with E-state index in [-0.39, 0.29) is 17.6 Å². The Kier molecular flexibility index (Phi) is 5.22. The second-order valence-electron chi connectivity index (χ2n) is 7.30. The van der Waals surface area contributed by atoms with Crippen molar-refractivity contribution in [2.45, 2.75) is 38.3 Å². The maximum absolute atomic E-state index is 13.0. The third kappa shape index (κ3) is 3.69. The molecule has 0 bridgehead atoms. The van der Waals surface area contributed by atoms with Crippen molar-refractivity contribution < 1.29 is 4.79 Å². The highest BCUT2D eigenvalue weighted by Crippen LogP contribution is 2.36. The van der Waals surface area contributed by atoms with E-state index < -0.39 is 0 Å². The molecular formula is C22H25BN2O. The molecule has 4 heteroatoms. The Morgan fingerprint density at radius 2 is 1.88 bits per heavy atom. The average Bonchev–Trinajstić information content (AvgIpc) is 2.62. The highest BCUT2D eigenvalue weighted by Gasteiger charge is 2.40. The molecule has 2 radical (unpaired) electrons. The van der Waals surface area contributed by atoms with E-state index in [9.17, 15) is 4.79 Å². The van der Waals surface area contributed by atoms with Gasteiger partial charge in [0, 0.05) is 6.54 Å². The van der Waals surface area contributed by atoms with Crippen molar-refractivity contribution in [3.05, 3.63) is 77.9 Å². The van der Waals surface area contributed by atoms with Crippen molar-refractivity contribution in [2.75, 3.05) is 6.54 Å². The van der Waals surface area contributed by atoms with E-state index in [0.717, 1.165) is 35.0 Å². The van der Waals surface area contributed by atoms with Gasteiger partial charge in [0.1, 0.15) is 7.85 Å². The lowest BCUT2D eigenvalue weighted by Gasteiger charge is -2.45. The second kappa shape index (κ2) is 7.41. The molecule has 3 rings (SSSR count). The predicted molar refractivity (Wildman–Crippen MR) is 108 cm³/mol. The number of carbonyl (C=O) groups is 1. The average molecular weight is 344 g/mol. The van der Waals surface area contributed by atoms with Crippen LogP contribution in [0.2, 0.25) is 0 Å². The molecule has 0 aliphatic carbocycles. The molecule has 1 fully saturated rings. The molecule has 1 heterocycles. The number of carbonyl (C=O) groups excluding carboxylic acids is 1. The summed E-state index contributed by atoms with van der Waals surface area (Å²) in [5, 5.41) is 3.29. The fraction of sp³-hybridized carbons (Fsp3) is 0.318. The van der Waals surface area contributed by atoms with Crippen LogP contribution < -0.4 is 10.8 Å². The van der Waals surface area contributed by atoms with E-state index in [1.165, 1.54) is 0 Å². The van der Waals surface area contributed by atoms with Crippen LogP contribution in [0.1, 0.15) is 43.9 Å². The van der Waals surface area contributed by atoms with Crippen molar-refractivity contribution in [3.8, 4) is 0 Å². The Balaban J connectivity index is 1.84. The van der Waals surface area contributed by atoms with Gasteiger partial charge in [0.25, 0.3) is 0 Å². The number of rotatable bonds is 5. The van der Waals surface area contributed by atoms with Gasteiger partial charge in [-0.15, -0.1) is 6.58 Å². The first-order chi connectivity index (χ1) is 12.4. The number of urea groups is 1. The fourth-order valence-corrected chi connectivity index (χ4v) is 3.80. The zero-order valence-electron chi connectivity index (χ0n) is 15.5. The molecule has 2 aromatic rings. The van der Waals surface area contributed by atoms with Gasteiger partial charge in [-0.05, 0) is 37.8 Å². The van der Waals surface area contributed by atoms with Gasteiger partial charge in [-0.3, -0.25) is 0 Å². The van der Waals surface area contributed by atoms with Crippen molar-refractivity contribution in [2.24, 2.45) is 0 Å². The summed E-state index contributed by atoms with van der Waals surface area (Å²) < 4.78 is 0. The third-order valence-corrected chi connectivity index (χ3v) is 5.20. The summed E-state index contributed by atoms with van der Waals surface area (Å²) >= 11 is 0. The quantitative estimate of drug-likeness (QED) is 0.649. The van der Waals surface area contributed by atoms with Crippen LogP contribution in [0.25, 0.3) is 0 Å². The minimum atomic E-state index is -0.387. The number of hydrogen-bond donors (Lipinski definition) is 1. The molecule has 2 amide bonds. The SMILES string of the molecule is [B]c1ccc([C@H](C)N2CC[C@](CC(=C)C)(c3ccccc3)NC2=O)cc1. The van der Waals surface area contributed by atoms with Crippen molar-refractivity contribution in [1.29, 1.82) is 0 Å². The molecule has 1 saturated heterocycles. The zero-order valence-corrected chi connectivity index (χ0v) is 15.5. The Morgan fingerprint density at radius 1 is 1.23 bits per heavy atom. The Morgan fingerprint density at radius 3 is 2.46 bits per heavy atom. The summed E-state index contributed by atoms with van der Waals surface area (Å²) in [6.45, 7) is 8.84. The molecule has 0 unspecified atom stereocenters. The Hall–Kier alpha value is -2.49. The molecule has 1 N–H and O–H groups in total. The number of benzene rings is 2. The van der Waals surface area contributed by atoms with Gasteiger partial charge in [-0.25, -0.2) is 4.79 Å². The van der Waals surface area contributed by atoms with Gasteiger partial charge < -0.3 is 10.2 Å². The first-order valence-electron chi connectivity index (χ1n) is 9.05. The van der Waals surface area contributed by atoms with Crippen LogP contribution in [0.15, 0.2) is 66.7 Å². The first-order valence-corrected chi connectivity index (χ1v) is 9.05. The lowest BCUT2D eigenvalue weighted by molar-refractivity contribution is 0.125. The van der Waals surface area contributed by atoms with Crippen LogP contribution in [0, 0.1) is 0 Å². The van der Waals surface area contributed by atoms with Gasteiger partial charge in [-0.2, -0.15) is 0 Å². The zero-order chi connectivity index (χ0) is 18.7. The van der Waals surface area contributed by atoms with Crippen LogP contribution in [-0.2, 0) is 5.54 Å². The highest BCUT2D eigenvalue weighted by atomic mass is 16.2. The van der Waals surface area contributed by atoms with Gasteiger partial charge in [0.2, 0.25) is 0 Å². The Labute approximate surface area is 157 Å². The third-order valence-electron chi connectivity index (χ3n) is 5.20. The van der Waals surface area contributed by atoms with Crippen LogP contribution in [0.5, 0.6) is 0 Å². The summed E-state index contributed by atoms with van der Waals surface area (Å²) in [4.78, 5) is 14.9. The monoisotopic (exact) mass is 344 g/mol. The predicted octanol–water partition coefficient (Wildman–Crippen LogP) is 3.82. The van der Waals surface area contributed by atoms with Gasteiger partial charge in [-0.1, -0.05) is 65.6 Å². The summed E-state index contributed by atoms with van der Waals surface area (Å²) in [7, 11) is 5.78. The maximum atomic E-state index is 13.0. The van der Waals surface area contributed by atoms with E-state index in [1.54, 1.807) is 0 Å². The standard InChI is InChI=1S/C22H25BN2O/c1-16(2)15-22(19-7-5-4-6-8-19)13-14-25(21(26)24-22)17(3)18-9-11-20(23)12-10-18/h4-12,17H,1,13-15H2,2-3H3,(H,24,26)/t17-,22-/m0/s1. The maximum Gasteiger partial charge on any atom is 0.318 e. The van der Waals surface area contributed by atoms with E-state index in [2.05, 4.69) is 31.0 Å². The molecule has 26 heavy (non-hydrogen) atoms. The summed E-state index contributed by atoms with van der Waals surface area (Å²) in [6.07, 6.45) is 1.59. The molecule has 0 aromatic heterocycles. The van der Waals surface area contributed by atoms with Crippen LogP contribution in [0.4, 0.5) is 4.79 Å². The molecule has 2 atom stereocenters. The van der Waals surface area contributed by atoms with Gasteiger partial charge in [0.15, 0.2) is 0 Å². The van der Waals surface area contributed by atoms with E-state index in [4.69, 9.17) is 7.85 Å². The van der Waals surface area contributed by atoms with Gasteiger partial charge >= 0.3 is 6.03 Å².